The Balaban J connectivity index is 2.12. The van der Waals surface area contributed by atoms with Gasteiger partial charge in [-0.2, -0.15) is 0 Å². The molecule has 0 bridgehead atoms. The highest BCUT2D eigenvalue weighted by Gasteiger charge is 2.08. The fourth-order valence-corrected chi connectivity index (χ4v) is 2.23. The van der Waals surface area contributed by atoms with Gasteiger partial charge in [0.1, 0.15) is 5.52 Å². The lowest BCUT2D eigenvalue weighted by Gasteiger charge is -2.03. The summed E-state index contributed by atoms with van der Waals surface area (Å²) in [5.74, 6) is 0.511. The van der Waals surface area contributed by atoms with Crippen LogP contribution in [0.25, 0.3) is 11.0 Å². The number of imidazole rings is 1. The van der Waals surface area contributed by atoms with Crippen molar-refractivity contribution in [3.8, 4) is 0 Å². The van der Waals surface area contributed by atoms with E-state index in [9.17, 15) is 0 Å². The summed E-state index contributed by atoms with van der Waals surface area (Å²) in [6.45, 7) is 0.705. The highest BCUT2D eigenvalue weighted by Crippen LogP contribution is 2.19. The minimum absolute atomic E-state index is 0.511. The fraction of sp³-hybridized carbons (Fsp3) is 0.100. The van der Waals surface area contributed by atoms with Crippen LogP contribution in [0.5, 0.6) is 0 Å². The Morgan fingerprint density at radius 1 is 1.31 bits per heavy atom. The van der Waals surface area contributed by atoms with Crippen LogP contribution >= 0.6 is 11.3 Å². The molecule has 6 heteroatoms. The molecule has 3 aromatic heterocycles. The Morgan fingerprint density at radius 3 is 3.06 bits per heavy atom. The zero-order valence-electron chi connectivity index (χ0n) is 8.37. The number of nitrogens with two attached hydrogens (primary N) is 1. The Bertz CT molecular complexity index is 613. The number of hydrogen-bond donors (Lipinski definition) is 1. The second-order valence-corrected chi connectivity index (χ2v) is 4.36. The summed E-state index contributed by atoms with van der Waals surface area (Å²) in [7, 11) is 0. The van der Waals surface area contributed by atoms with Gasteiger partial charge in [-0.05, 0) is 6.07 Å². The third kappa shape index (κ3) is 1.43. The molecule has 0 saturated carbocycles. The van der Waals surface area contributed by atoms with Crippen LogP contribution in [0.4, 0.5) is 5.95 Å². The monoisotopic (exact) mass is 231 g/mol. The zero-order valence-corrected chi connectivity index (χ0v) is 9.18. The number of fused-ring (bicyclic) bond motifs is 1. The first-order valence-corrected chi connectivity index (χ1v) is 5.65. The van der Waals surface area contributed by atoms with E-state index in [0.29, 0.717) is 12.5 Å². The molecule has 16 heavy (non-hydrogen) atoms. The van der Waals surface area contributed by atoms with Crippen LogP contribution in [0.1, 0.15) is 4.88 Å². The number of pyridine rings is 1. The van der Waals surface area contributed by atoms with Gasteiger partial charge in [0, 0.05) is 17.3 Å². The van der Waals surface area contributed by atoms with Crippen molar-refractivity contribution in [2.45, 2.75) is 6.54 Å². The van der Waals surface area contributed by atoms with Crippen LogP contribution in [0.3, 0.4) is 0 Å². The molecule has 0 radical (unpaired) electrons. The Hall–Kier alpha value is -1.95. The highest BCUT2D eigenvalue weighted by molar-refractivity contribution is 7.09. The Labute approximate surface area is 95.6 Å². The molecule has 5 nitrogen and oxygen atoms in total. The van der Waals surface area contributed by atoms with Gasteiger partial charge in [0.15, 0.2) is 0 Å². The van der Waals surface area contributed by atoms with Gasteiger partial charge >= 0.3 is 0 Å². The van der Waals surface area contributed by atoms with Crippen LogP contribution in [0.15, 0.2) is 30.2 Å². The first kappa shape index (κ1) is 9.29. The van der Waals surface area contributed by atoms with Gasteiger partial charge < -0.3 is 10.3 Å². The van der Waals surface area contributed by atoms with Crippen molar-refractivity contribution < 1.29 is 0 Å². The summed E-state index contributed by atoms with van der Waals surface area (Å²) >= 11 is 1.61. The lowest BCUT2D eigenvalue weighted by atomic mass is 10.4. The molecule has 80 valence electrons. The van der Waals surface area contributed by atoms with Gasteiger partial charge in [0.05, 0.1) is 23.8 Å². The highest BCUT2D eigenvalue weighted by atomic mass is 32.1. The lowest BCUT2D eigenvalue weighted by molar-refractivity contribution is 0.850. The molecular weight excluding hydrogens is 222 g/mol. The fourth-order valence-electron chi connectivity index (χ4n) is 1.64. The van der Waals surface area contributed by atoms with E-state index in [2.05, 4.69) is 15.0 Å². The van der Waals surface area contributed by atoms with Crippen molar-refractivity contribution in [2.75, 3.05) is 5.73 Å². The van der Waals surface area contributed by atoms with E-state index < -0.39 is 0 Å². The van der Waals surface area contributed by atoms with Crippen molar-refractivity contribution in [3.05, 3.63) is 35.0 Å². The molecule has 0 aliphatic carbocycles. The quantitative estimate of drug-likeness (QED) is 0.726. The average Bonchev–Trinajstić information content (AvgIpc) is 2.89. The van der Waals surface area contributed by atoms with Crippen molar-refractivity contribution in [3.63, 3.8) is 0 Å². The third-order valence-corrected chi connectivity index (χ3v) is 3.14. The topological polar surface area (TPSA) is 69.6 Å². The first-order valence-electron chi connectivity index (χ1n) is 4.77. The molecule has 3 rings (SSSR count). The SMILES string of the molecule is Nc1nc2cnccc2n1Cc1cncs1. The van der Waals surface area contributed by atoms with Gasteiger partial charge in [0.25, 0.3) is 0 Å². The summed E-state index contributed by atoms with van der Waals surface area (Å²) in [6, 6.07) is 1.92. The number of nitrogen functional groups attached to an aromatic ring is 1. The molecule has 0 saturated heterocycles. The maximum Gasteiger partial charge on any atom is 0.201 e. The second-order valence-electron chi connectivity index (χ2n) is 3.39. The molecule has 3 aromatic rings. The molecule has 3 heterocycles. The van der Waals surface area contributed by atoms with E-state index in [4.69, 9.17) is 5.73 Å². The van der Waals surface area contributed by atoms with Crippen molar-refractivity contribution in [1.82, 2.24) is 19.5 Å². The van der Waals surface area contributed by atoms with Crippen molar-refractivity contribution >= 4 is 28.3 Å². The molecular formula is C10H9N5S. The summed E-state index contributed by atoms with van der Waals surface area (Å²) in [6.07, 6.45) is 5.30. The van der Waals surface area contributed by atoms with E-state index in [1.165, 1.54) is 0 Å². The third-order valence-electron chi connectivity index (χ3n) is 2.38. The zero-order chi connectivity index (χ0) is 11.0. The largest absolute Gasteiger partial charge is 0.369 e. The van der Waals surface area contributed by atoms with Gasteiger partial charge in [0.2, 0.25) is 5.95 Å². The number of thiazole rings is 1. The van der Waals surface area contributed by atoms with Crippen LogP contribution in [0.2, 0.25) is 0 Å². The minimum Gasteiger partial charge on any atom is -0.369 e. The predicted octanol–water partition coefficient (Wildman–Crippen LogP) is 1.52. The maximum absolute atomic E-state index is 5.88. The average molecular weight is 231 g/mol. The lowest BCUT2D eigenvalue weighted by Crippen LogP contribution is -2.03. The Kier molecular flexibility index (Phi) is 2.07. The number of rotatable bonds is 2. The summed E-state index contributed by atoms with van der Waals surface area (Å²) in [4.78, 5) is 13.5. The number of aromatic nitrogens is 4. The number of nitrogens with zero attached hydrogens (tertiary/aromatic N) is 4. The summed E-state index contributed by atoms with van der Waals surface area (Å²) in [5.41, 5.74) is 9.51. The maximum atomic E-state index is 5.88. The standard InChI is InChI=1S/C10H9N5S/c11-10-14-8-4-12-2-1-9(8)15(10)5-7-3-13-6-16-7/h1-4,6H,5H2,(H2,11,14). The van der Waals surface area contributed by atoms with Gasteiger partial charge in [-0.15, -0.1) is 11.3 Å². The molecule has 0 aromatic carbocycles. The number of anilines is 1. The smallest absolute Gasteiger partial charge is 0.201 e. The van der Waals surface area contributed by atoms with E-state index in [1.807, 2.05) is 22.3 Å². The molecule has 0 aliphatic rings. The normalized spacial score (nSPS) is 11.0. The van der Waals surface area contributed by atoms with Gasteiger partial charge in [-0.25, -0.2) is 4.98 Å². The van der Waals surface area contributed by atoms with Crippen LogP contribution < -0.4 is 5.73 Å². The predicted molar refractivity (Wildman–Crippen MR) is 63.2 cm³/mol. The van der Waals surface area contributed by atoms with Crippen LogP contribution in [-0.4, -0.2) is 19.5 Å². The molecule has 0 unspecified atom stereocenters. The second kappa shape index (κ2) is 3.57. The van der Waals surface area contributed by atoms with E-state index >= 15 is 0 Å². The summed E-state index contributed by atoms with van der Waals surface area (Å²) in [5, 5.41) is 0. The van der Waals surface area contributed by atoms with Crippen LogP contribution in [-0.2, 0) is 6.54 Å². The van der Waals surface area contributed by atoms with E-state index in [-0.39, 0.29) is 0 Å². The van der Waals surface area contributed by atoms with Gasteiger partial charge in [-0.3, -0.25) is 9.97 Å². The summed E-state index contributed by atoms with van der Waals surface area (Å²) < 4.78 is 1.96. The molecule has 0 atom stereocenters. The molecule has 0 spiro atoms. The first-order chi connectivity index (χ1) is 7.84. The molecule has 0 aliphatic heterocycles. The van der Waals surface area contributed by atoms with Gasteiger partial charge in [-0.1, -0.05) is 0 Å². The van der Waals surface area contributed by atoms with Crippen LogP contribution in [0, 0.1) is 0 Å². The molecule has 2 N–H and O–H groups in total. The number of hydrogen-bond acceptors (Lipinski definition) is 5. The minimum atomic E-state index is 0.511. The Morgan fingerprint density at radius 2 is 2.25 bits per heavy atom. The molecule has 0 amide bonds. The van der Waals surface area contributed by atoms with Crippen molar-refractivity contribution in [2.24, 2.45) is 0 Å². The van der Waals surface area contributed by atoms with E-state index in [0.717, 1.165) is 15.9 Å². The molecule has 0 fully saturated rings. The van der Waals surface area contributed by atoms with E-state index in [1.54, 1.807) is 23.7 Å². The van der Waals surface area contributed by atoms with Crippen molar-refractivity contribution in [1.29, 1.82) is 0 Å².